The molecule has 1 aliphatic heterocycles. The molecule has 2 aromatic heterocycles. The van der Waals surface area contributed by atoms with Crippen LogP contribution >= 0.6 is 22.9 Å². The highest BCUT2D eigenvalue weighted by Gasteiger charge is 2.32. The van der Waals surface area contributed by atoms with Crippen molar-refractivity contribution in [2.75, 3.05) is 36.0 Å². The van der Waals surface area contributed by atoms with Crippen molar-refractivity contribution in [1.29, 1.82) is 0 Å². The lowest BCUT2D eigenvalue weighted by Crippen LogP contribution is -2.46. The molecule has 4 rings (SSSR count). The number of rotatable bonds is 5. The van der Waals surface area contributed by atoms with Gasteiger partial charge in [-0.2, -0.15) is 18.0 Å². The Morgan fingerprint density at radius 2 is 1.90 bits per heavy atom. The Labute approximate surface area is 182 Å². The van der Waals surface area contributed by atoms with Crippen LogP contribution in [-0.4, -0.2) is 62.4 Å². The zero-order valence-corrected chi connectivity index (χ0v) is 17.3. The van der Waals surface area contributed by atoms with Crippen molar-refractivity contribution < 1.29 is 23.1 Å². The van der Waals surface area contributed by atoms with Crippen LogP contribution in [0.5, 0.6) is 0 Å². The van der Waals surface area contributed by atoms with Crippen molar-refractivity contribution in [3.63, 3.8) is 0 Å². The summed E-state index contributed by atoms with van der Waals surface area (Å²) in [7, 11) is 0. The van der Waals surface area contributed by atoms with Crippen LogP contribution in [0.25, 0.3) is 10.7 Å². The van der Waals surface area contributed by atoms with Crippen molar-refractivity contribution in [2.45, 2.75) is 12.7 Å². The molecular weight excluding hydrogens is 459 g/mol. The fourth-order valence-electron chi connectivity index (χ4n) is 3.11. The lowest BCUT2D eigenvalue weighted by molar-refractivity contribution is -0.138. The van der Waals surface area contributed by atoms with Crippen LogP contribution in [0.3, 0.4) is 0 Å². The number of carboxylic acid groups (broad SMARTS) is 1. The van der Waals surface area contributed by atoms with E-state index in [1.807, 2.05) is 9.80 Å². The molecule has 1 aliphatic rings. The summed E-state index contributed by atoms with van der Waals surface area (Å²) >= 11 is 7.47. The maximum atomic E-state index is 13.0. The number of nitrogens with zero attached hydrogens (tertiary/aromatic N) is 7. The van der Waals surface area contributed by atoms with Crippen molar-refractivity contribution >= 4 is 39.7 Å². The number of hydrogen-bond acceptors (Lipinski definition) is 8. The summed E-state index contributed by atoms with van der Waals surface area (Å²) in [6, 6.07) is 3.31. The molecule has 31 heavy (non-hydrogen) atoms. The highest BCUT2D eigenvalue weighted by Crippen LogP contribution is 2.36. The first-order chi connectivity index (χ1) is 14.7. The van der Waals surface area contributed by atoms with Gasteiger partial charge in [0.2, 0.25) is 5.82 Å². The molecule has 1 N–H and O–H groups in total. The normalized spacial score (nSPS) is 14.8. The maximum Gasteiger partial charge on any atom is 0.416 e. The lowest BCUT2D eigenvalue weighted by atomic mass is 10.1. The van der Waals surface area contributed by atoms with Crippen LogP contribution in [0.4, 0.5) is 24.0 Å². The van der Waals surface area contributed by atoms with E-state index in [1.165, 1.54) is 17.4 Å². The van der Waals surface area contributed by atoms with E-state index in [-0.39, 0.29) is 10.8 Å². The number of alkyl halides is 3. The van der Waals surface area contributed by atoms with Crippen LogP contribution in [0.15, 0.2) is 24.4 Å². The predicted octanol–water partition coefficient (Wildman–Crippen LogP) is 2.88. The van der Waals surface area contributed by atoms with Crippen LogP contribution in [0, 0.1) is 0 Å². The largest absolute Gasteiger partial charge is 0.480 e. The van der Waals surface area contributed by atoms with E-state index in [0.29, 0.717) is 41.9 Å². The van der Waals surface area contributed by atoms with Gasteiger partial charge in [-0.15, -0.1) is 10.2 Å². The molecule has 3 aromatic rings. The number of tetrazole rings is 1. The third kappa shape index (κ3) is 4.71. The number of hydrogen-bond donors (Lipinski definition) is 1. The quantitative estimate of drug-likeness (QED) is 0.604. The first kappa shape index (κ1) is 21.3. The monoisotopic (exact) mass is 473 g/mol. The summed E-state index contributed by atoms with van der Waals surface area (Å²) < 4.78 is 39.1. The Bertz CT molecular complexity index is 1100. The third-order valence-corrected chi connectivity index (χ3v) is 5.98. The molecule has 0 amide bonds. The van der Waals surface area contributed by atoms with Gasteiger partial charge in [0.1, 0.15) is 0 Å². The van der Waals surface area contributed by atoms with Gasteiger partial charge in [0, 0.05) is 26.2 Å². The Morgan fingerprint density at radius 1 is 1.19 bits per heavy atom. The molecule has 0 bridgehead atoms. The van der Waals surface area contributed by atoms with E-state index in [0.717, 1.165) is 16.9 Å². The number of aliphatic carboxylic acids is 1. The second kappa shape index (κ2) is 8.30. The van der Waals surface area contributed by atoms with Crippen molar-refractivity contribution in [3.8, 4) is 10.7 Å². The summed E-state index contributed by atoms with van der Waals surface area (Å²) in [5.74, 6) is -0.799. The Hall–Kier alpha value is -2.93. The van der Waals surface area contributed by atoms with Gasteiger partial charge in [-0.25, -0.2) is 4.98 Å². The second-order valence-corrected chi connectivity index (χ2v) is 8.10. The highest BCUT2D eigenvalue weighted by atomic mass is 35.5. The summed E-state index contributed by atoms with van der Waals surface area (Å²) in [6.07, 6.45) is -2.85. The maximum absolute atomic E-state index is 13.0. The SMILES string of the molecule is O=C(O)Cn1nnc(-c2cnc(N3CCN(c4cc(C(F)(F)F)ccc4Cl)CC3)s2)n1. The lowest BCUT2D eigenvalue weighted by Gasteiger charge is -2.36. The number of halogens is 4. The first-order valence-corrected chi connectivity index (χ1v) is 10.2. The van der Waals surface area contributed by atoms with E-state index in [4.69, 9.17) is 16.7 Å². The number of benzene rings is 1. The molecule has 164 valence electrons. The number of thiazole rings is 1. The van der Waals surface area contributed by atoms with Crippen molar-refractivity contribution in [2.24, 2.45) is 0 Å². The minimum Gasteiger partial charge on any atom is -0.480 e. The van der Waals surface area contributed by atoms with E-state index in [2.05, 4.69) is 20.4 Å². The Morgan fingerprint density at radius 3 is 2.58 bits per heavy atom. The molecule has 0 spiro atoms. The molecule has 1 fully saturated rings. The van der Waals surface area contributed by atoms with E-state index in [1.54, 1.807) is 6.20 Å². The smallest absolute Gasteiger partial charge is 0.416 e. The van der Waals surface area contributed by atoms with Crippen LogP contribution in [0.2, 0.25) is 5.02 Å². The minimum atomic E-state index is -4.43. The number of carbonyl (C=O) groups is 1. The molecule has 0 aliphatic carbocycles. The third-order valence-electron chi connectivity index (χ3n) is 4.61. The van der Waals surface area contributed by atoms with Gasteiger partial charge in [0.25, 0.3) is 0 Å². The van der Waals surface area contributed by atoms with Crippen LogP contribution in [0.1, 0.15) is 5.56 Å². The van der Waals surface area contributed by atoms with E-state index >= 15 is 0 Å². The summed E-state index contributed by atoms with van der Waals surface area (Å²) in [4.78, 5) is 20.5. The summed E-state index contributed by atoms with van der Waals surface area (Å²) in [5.41, 5.74) is -0.377. The fourth-order valence-corrected chi connectivity index (χ4v) is 4.24. The molecule has 0 atom stereocenters. The minimum absolute atomic E-state index is 0.272. The summed E-state index contributed by atoms with van der Waals surface area (Å²) in [5, 5.41) is 21.3. The Balaban J connectivity index is 1.43. The van der Waals surface area contributed by atoms with Gasteiger partial charge in [0.05, 0.1) is 27.3 Å². The highest BCUT2D eigenvalue weighted by molar-refractivity contribution is 7.18. The molecule has 0 unspecified atom stereocenters. The van der Waals surface area contributed by atoms with Gasteiger partial charge in [0.15, 0.2) is 11.7 Å². The zero-order valence-electron chi connectivity index (χ0n) is 15.8. The average molecular weight is 474 g/mol. The average Bonchev–Trinajstić information content (AvgIpc) is 3.37. The van der Waals surface area contributed by atoms with Gasteiger partial charge in [-0.1, -0.05) is 22.9 Å². The summed E-state index contributed by atoms with van der Waals surface area (Å²) in [6.45, 7) is 1.64. The molecular formula is C17H15ClF3N7O2S. The van der Waals surface area contributed by atoms with Crippen molar-refractivity contribution in [3.05, 3.63) is 35.0 Å². The number of carboxylic acids is 1. The second-order valence-electron chi connectivity index (χ2n) is 6.68. The number of aromatic nitrogens is 5. The van der Waals surface area contributed by atoms with Gasteiger partial charge >= 0.3 is 12.1 Å². The fraction of sp³-hybridized carbons (Fsp3) is 0.353. The van der Waals surface area contributed by atoms with E-state index < -0.39 is 24.3 Å². The molecule has 9 nitrogen and oxygen atoms in total. The van der Waals surface area contributed by atoms with Crippen LogP contribution in [-0.2, 0) is 17.5 Å². The van der Waals surface area contributed by atoms with Crippen molar-refractivity contribution in [1.82, 2.24) is 25.2 Å². The zero-order chi connectivity index (χ0) is 22.2. The van der Waals surface area contributed by atoms with Gasteiger partial charge < -0.3 is 14.9 Å². The molecule has 14 heteroatoms. The number of anilines is 2. The Kier molecular flexibility index (Phi) is 5.71. The molecule has 0 radical (unpaired) electrons. The molecule has 1 saturated heterocycles. The first-order valence-electron chi connectivity index (χ1n) is 9.03. The number of piperazine rings is 1. The molecule has 3 heterocycles. The van der Waals surface area contributed by atoms with Gasteiger partial charge in [-0.3, -0.25) is 4.79 Å². The standard InChI is InChI=1S/C17H15ClF3N7O2S/c18-11-2-1-10(17(19,20)21)7-12(11)26-3-5-27(6-4-26)16-22-8-13(31-16)15-23-25-28(24-15)9-14(29)30/h1-2,7-8H,3-6,9H2,(H,29,30). The van der Waals surface area contributed by atoms with Crippen LogP contribution < -0.4 is 9.80 Å². The molecule has 1 aromatic carbocycles. The predicted molar refractivity (Wildman–Crippen MR) is 107 cm³/mol. The molecule has 0 saturated carbocycles. The van der Waals surface area contributed by atoms with Gasteiger partial charge in [-0.05, 0) is 23.4 Å². The topological polar surface area (TPSA) is 100 Å². The van der Waals surface area contributed by atoms with E-state index in [9.17, 15) is 18.0 Å².